The molecule has 348 valence electrons. The number of rotatable bonds is 12. The zero-order valence-electron chi connectivity index (χ0n) is 37.1. The number of hydrogen-bond acceptors (Lipinski definition) is 8. The Hall–Kier alpha value is -9.04. The van der Waals surface area contributed by atoms with Gasteiger partial charge >= 0.3 is 12.4 Å². The largest absolute Gasteiger partial charge is 0.457 e. The van der Waals surface area contributed by atoms with E-state index >= 15 is 26.3 Å². The predicted octanol–water partition coefficient (Wildman–Crippen LogP) is 15.1. The molecule has 0 radical (unpaired) electrons. The first-order valence-corrected chi connectivity index (χ1v) is 22.1. The first kappa shape index (κ1) is 45.7. The van der Waals surface area contributed by atoms with E-state index in [0.29, 0.717) is 46.1 Å². The minimum atomic E-state index is -5.81. The smallest absolute Gasteiger partial charge is 0.411 e. The van der Waals surface area contributed by atoms with E-state index < -0.39 is 28.9 Å². The number of benzene rings is 8. The highest BCUT2D eigenvalue weighted by Gasteiger charge is 2.72. The van der Waals surface area contributed by atoms with Crippen molar-refractivity contribution in [2.45, 2.75) is 17.8 Å². The van der Waals surface area contributed by atoms with Crippen LogP contribution in [0.3, 0.4) is 0 Å². The summed E-state index contributed by atoms with van der Waals surface area (Å²) in [7, 11) is 0. The molecule has 0 fully saturated rings. The van der Waals surface area contributed by atoms with Crippen molar-refractivity contribution in [3.8, 4) is 91.3 Å². The topological polar surface area (TPSA) is 95.8 Å². The zero-order valence-corrected chi connectivity index (χ0v) is 37.1. The molecule has 10 rings (SSSR count). The molecule has 0 atom stereocenters. The predicted molar refractivity (Wildman–Crippen MR) is 258 cm³/mol. The molecule has 2 heterocycles. The Labute approximate surface area is 403 Å². The molecule has 0 amide bonds. The quantitative estimate of drug-likeness (QED) is 0.112. The van der Waals surface area contributed by atoms with Crippen LogP contribution in [0.5, 0.6) is 23.0 Å². The summed E-state index contributed by atoms with van der Waals surface area (Å²) in [6.45, 7) is 0. The van der Waals surface area contributed by atoms with Crippen LogP contribution < -0.4 is 9.47 Å². The van der Waals surface area contributed by atoms with E-state index in [9.17, 15) is 0 Å². The van der Waals surface area contributed by atoms with Crippen molar-refractivity contribution in [3.05, 3.63) is 230 Å². The van der Waals surface area contributed by atoms with Crippen LogP contribution in [0, 0.1) is 0 Å². The molecule has 0 aliphatic carbocycles. The second-order valence-electron chi connectivity index (χ2n) is 16.1. The van der Waals surface area contributed by atoms with Crippen LogP contribution in [0.25, 0.3) is 68.3 Å². The van der Waals surface area contributed by atoms with Gasteiger partial charge in [-0.15, -0.1) is 0 Å². The molecule has 0 aliphatic heterocycles. The van der Waals surface area contributed by atoms with Gasteiger partial charge in [-0.2, -0.15) is 26.3 Å². The Morgan fingerprint density at radius 3 is 0.648 bits per heavy atom. The Morgan fingerprint density at radius 2 is 0.437 bits per heavy atom. The Balaban J connectivity index is 0.877. The number of alkyl halides is 6. The molecule has 0 unspecified atom stereocenters. The van der Waals surface area contributed by atoms with Gasteiger partial charge in [-0.25, -0.2) is 29.9 Å². The first-order chi connectivity index (χ1) is 34.4. The number of hydrogen-bond donors (Lipinski definition) is 0. The minimum Gasteiger partial charge on any atom is -0.457 e. The fourth-order valence-electron chi connectivity index (χ4n) is 8.02. The third-order valence-corrected chi connectivity index (χ3v) is 11.5. The fourth-order valence-corrected chi connectivity index (χ4v) is 8.02. The summed E-state index contributed by atoms with van der Waals surface area (Å²) in [5.41, 5.74) is -2.11. The summed E-state index contributed by atoms with van der Waals surface area (Å²) in [5, 5.41) is 0. The standard InChI is InChI=1S/C57H36F6N6O2/c58-56(59,60)55(57(61,62)63,43-25-33-47(34-26-43)70-45-29-21-41(22-30-45)53-66-49(37-13-5-1-6-14-37)64-50(67-53)38-15-7-2-8-16-38)44-27-35-48(36-28-44)71-46-31-23-42(24-32-46)54-68-51(39-17-9-3-10-18-39)65-52(69-54)40-19-11-4-12-20-40/h1-36H. The molecule has 71 heavy (non-hydrogen) atoms. The summed E-state index contributed by atoms with van der Waals surface area (Å²) >= 11 is 0. The molecule has 0 N–H and O–H groups in total. The van der Waals surface area contributed by atoms with Gasteiger partial charge in [0.2, 0.25) is 5.41 Å². The van der Waals surface area contributed by atoms with Gasteiger partial charge < -0.3 is 9.47 Å². The highest BCUT2D eigenvalue weighted by molar-refractivity contribution is 5.68. The molecule has 0 aliphatic rings. The number of aromatic nitrogens is 6. The van der Waals surface area contributed by atoms with Gasteiger partial charge in [-0.3, -0.25) is 0 Å². The second kappa shape index (κ2) is 19.2. The number of nitrogens with zero attached hydrogens (tertiary/aromatic N) is 6. The molecular weight excluding hydrogens is 915 g/mol. The van der Waals surface area contributed by atoms with E-state index in [-0.39, 0.29) is 23.0 Å². The second-order valence-corrected chi connectivity index (χ2v) is 16.1. The van der Waals surface area contributed by atoms with Crippen LogP contribution >= 0.6 is 0 Å². The monoisotopic (exact) mass is 950 g/mol. The van der Waals surface area contributed by atoms with Gasteiger partial charge in [0.1, 0.15) is 23.0 Å². The molecule has 0 spiro atoms. The zero-order chi connectivity index (χ0) is 49.0. The van der Waals surface area contributed by atoms with Gasteiger partial charge in [-0.1, -0.05) is 146 Å². The van der Waals surface area contributed by atoms with Gasteiger partial charge in [0.25, 0.3) is 0 Å². The third kappa shape index (κ3) is 9.55. The highest BCUT2D eigenvalue weighted by Crippen LogP contribution is 2.56. The number of ether oxygens (including phenoxy) is 2. The molecule has 2 aromatic heterocycles. The van der Waals surface area contributed by atoms with Gasteiger partial charge in [-0.05, 0) is 83.9 Å². The lowest BCUT2D eigenvalue weighted by molar-refractivity contribution is -0.288. The lowest BCUT2D eigenvalue weighted by atomic mass is 9.73. The van der Waals surface area contributed by atoms with Crippen molar-refractivity contribution in [2.24, 2.45) is 0 Å². The summed E-state index contributed by atoms with van der Waals surface area (Å²) in [6.07, 6.45) is -11.6. The van der Waals surface area contributed by atoms with Crippen LogP contribution in [0.4, 0.5) is 26.3 Å². The Kier molecular flexibility index (Phi) is 12.3. The number of halogens is 6. The van der Waals surface area contributed by atoms with Crippen molar-refractivity contribution >= 4 is 0 Å². The van der Waals surface area contributed by atoms with Crippen molar-refractivity contribution in [3.63, 3.8) is 0 Å². The Bertz CT molecular complexity index is 3060. The van der Waals surface area contributed by atoms with Crippen LogP contribution in [-0.2, 0) is 5.41 Å². The normalized spacial score (nSPS) is 11.8. The average Bonchev–Trinajstić information content (AvgIpc) is 3.40. The third-order valence-electron chi connectivity index (χ3n) is 11.5. The van der Waals surface area contributed by atoms with Crippen molar-refractivity contribution in [1.82, 2.24) is 29.9 Å². The van der Waals surface area contributed by atoms with Gasteiger partial charge in [0.05, 0.1) is 0 Å². The van der Waals surface area contributed by atoms with Crippen molar-refractivity contribution in [1.29, 1.82) is 0 Å². The van der Waals surface area contributed by atoms with Crippen molar-refractivity contribution < 1.29 is 35.8 Å². The molecule has 8 aromatic carbocycles. The molecular formula is C57H36F6N6O2. The molecule has 14 heteroatoms. The maximum Gasteiger partial charge on any atom is 0.411 e. The van der Waals surface area contributed by atoms with E-state index in [0.717, 1.165) is 70.8 Å². The molecule has 10 aromatic rings. The van der Waals surface area contributed by atoms with Crippen LogP contribution in [-0.4, -0.2) is 42.3 Å². The SMILES string of the molecule is FC(F)(F)C(c1ccc(Oc2ccc(-c3nc(-c4ccccc4)nc(-c4ccccc4)n3)cc2)cc1)(c1ccc(Oc2ccc(-c3nc(-c4ccccc4)nc(-c4ccccc4)n3)cc2)cc1)C(F)(F)F. The summed E-state index contributed by atoms with van der Waals surface area (Å²) < 4.78 is 103. The summed E-state index contributed by atoms with van der Waals surface area (Å²) in [5.74, 6) is 3.17. The summed E-state index contributed by atoms with van der Waals surface area (Å²) in [6, 6.07) is 58.3. The van der Waals surface area contributed by atoms with E-state index in [1.54, 1.807) is 48.5 Å². The van der Waals surface area contributed by atoms with Gasteiger partial charge in [0, 0.05) is 33.4 Å². The molecule has 0 saturated heterocycles. The molecule has 0 saturated carbocycles. The minimum absolute atomic E-state index is 0.0103. The van der Waals surface area contributed by atoms with E-state index in [2.05, 4.69) is 0 Å². The average molecular weight is 951 g/mol. The first-order valence-electron chi connectivity index (χ1n) is 22.1. The van der Waals surface area contributed by atoms with Crippen LogP contribution in [0.1, 0.15) is 11.1 Å². The van der Waals surface area contributed by atoms with Crippen molar-refractivity contribution in [2.75, 3.05) is 0 Å². The lowest BCUT2D eigenvalue weighted by Crippen LogP contribution is -2.54. The maximum atomic E-state index is 15.2. The van der Waals surface area contributed by atoms with E-state index in [4.69, 9.17) is 39.4 Å². The fraction of sp³-hybridized carbons (Fsp3) is 0.0526. The molecule has 0 bridgehead atoms. The Morgan fingerprint density at radius 1 is 0.239 bits per heavy atom. The highest BCUT2D eigenvalue weighted by atomic mass is 19.4. The van der Waals surface area contributed by atoms with Gasteiger partial charge in [0.15, 0.2) is 34.9 Å². The molecule has 8 nitrogen and oxygen atoms in total. The summed E-state index contributed by atoms with van der Waals surface area (Å²) in [4.78, 5) is 28.2. The van der Waals surface area contributed by atoms with E-state index in [1.807, 2.05) is 121 Å². The van der Waals surface area contributed by atoms with E-state index in [1.165, 1.54) is 0 Å². The van der Waals surface area contributed by atoms with Crippen LogP contribution in [0.2, 0.25) is 0 Å². The lowest BCUT2D eigenvalue weighted by Gasteiger charge is -2.38. The maximum absolute atomic E-state index is 15.2. The van der Waals surface area contributed by atoms with Crippen LogP contribution in [0.15, 0.2) is 218 Å².